The molecule has 0 saturated carbocycles. The minimum absolute atomic E-state index is 0.128. The lowest BCUT2D eigenvalue weighted by Crippen LogP contribution is -2.32. The third kappa shape index (κ3) is 6.05. The molecule has 0 bridgehead atoms. The first kappa shape index (κ1) is 27.3. The third-order valence-corrected chi connectivity index (χ3v) is 6.00. The van der Waals surface area contributed by atoms with Crippen molar-refractivity contribution >= 4 is 58.1 Å². The van der Waals surface area contributed by atoms with Crippen LogP contribution >= 0.6 is 11.6 Å². The third-order valence-electron chi connectivity index (χ3n) is 5.65. The molecule has 4 rings (SSSR count). The number of ether oxygens (including phenoxy) is 1. The van der Waals surface area contributed by atoms with E-state index in [9.17, 15) is 24.0 Å². The average Bonchev–Trinajstić information content (AvgIpc) is 3.11. The minimum atomic E-state index is -0.735. The molecular weight excluding hydrogens is 522 g/mol. The number of benzene rings is 3. The molecule has 0 atom stereocenters. The van der Waals surface area contributed by atoms with E-state index in [1.54, 1.807) is 56.3 Å². The SMILES string of the molecule is CC(=O)c1cccc(NC(=O)c2cccc(NC3=C(Cl)C(=O)N(c4ccc(C(=O)OC(C)C)cc4)C3=O)c2)c1. The Morgan fingerprint density at radius 2 is 1.44 bits per heavy atom. The van der Waals surface area contributed by atoms with Gasteiger partial charge in [0.25, 0.3) is 17.7 Å². The molecule has 0 spiro atoms. The van der Waals surface area contributed by atoms with Gasteiger partial charge in [-0.1, -0.05) is 29.8 Å². The summed E-state index contributed by atoms with van der Waals surface area (Å²) in [5.41, 5.74) is 1.87. The summed E-state index contributed by atoms with van der Waals surface area (Å²) in [5, 5.41) is 5.25. The standard InChI is InChI=1S/C29H24ClN3O6/c1-16(2)39-29(38)18-10-12-23(13-11-18)33-27(36)24(30)25(28(33)37)31-21-8-5-7-20(15-21)26(35)32-22-9-4-6-19(14-22)17(3)34/h4-16,31H,1-3H3,(H,32,35). The second-order valence-electron chi connectivity index (χ2n) is 8.93. The summed E-state index contributed by atoms with van der Waals surface area (Å²) in [4.78, 5) is 63.4. The summed E-state index contributed by atoms with van der Waals surface area (Å²) < 4.78 is 5.15. The summed E-state index contributed by atoms with van der Waals surface area (Å²) in [6.45, 7) is 4.89. The highest BCUT2D eigenvalue weighted by atomic mass is 35.5. The van der Waals surface area contributed by atoms with E-state index in [2.05, 4.69) is 10.6 Å². The van der Waals surface area contributed by atoms with Gasteiger partial charge in [-0.25, -0.2) is 9.69 Å². The molecule has 2 N–H and O–H groups in total. The number of imide groups is 1. The molecule has 0 fully saturated rings. The lowest BCUT2D eigenvalue weighted by molar-refractivity contribution is -0.120. The molecule has 1 aliphatic heterocycles. The van der Waals surface area contributed by atoms with Crippen LogP contribution in [0, 0.1) is 0 Å². The topological polar surface area (TPSA) is 122 Å². The van der Waals surface area contributed by atoms with Crippen LogP contribution in [0.25, 0.3) is 0 Å². The summed E-state index contributed by atoms with van der Waals surface area (Å²) >= 11 is 6.23. The number of ketones is 1. The number of carbonyl (C=O) groups is 5. The number of carbonyl (C=O) groups excluding carboxylic acids is 5. The van der Waals surface area contributed by atoms with E-state index in [1.165, 1.54) is 37.3 Å². The van der Waals surface area contributed by atoms with Gasteiger partial charge in [-0.15, -0.1) is 0 Å². The summed E-state index contributed by atoms with van der Waals surface area (Å²) in [6.07, 6.45) is -0.293. The number of anilines is 3. The van der Waals surface area contributed by atoms with Gasteiger partial charge < -0.3 is 15.4 Å². The maximum absolute atomic E-state index is 13.1. The first-order valence-corrected chi connectivity index (χ1v) is 12.3. The molecule has 0 saturated heterocycles. The van der Waals surface area contributed by atoms with E-state index >= 15 is 0 Å². The van der Waals surface area contributed by atoms with Crippen LogP contribution in [0.15, 0.2) is 83.5 Å². The van der Waals surface area contributed by atoms with E-state index < -0.39 is 23.7 Å². The minimum Gasteiger partial charge on any atom is -0.459 e. The predicted molar refractivity (Wildman–Crippen MR) is 147 cm³/mol. The monoisotopic (exact) mass is 545 g/mol. The Morgan fingerprint density at radius 1 is 0.821 bits per heavy atom. The first-order valence-electron chi connectivity index (χ1n) is 11.9. The van der Waals surface area contributed by atoms with Crippen LogP contribution in [0.1, 0.15) is 51.8 Å². The fourth-order valence-electron chi connectivity index (χ4n) is 3.78. The Kier molecular flexibility index (Phi) is 7.92. The van der Waals surface area contributed by atoms with E-state index in [0.29, 0.717) is 16.9 Å². The average molecular weight is 546 g/mol. The van der Waals surface area contributed by atoms with Crippen molar-refractivity contribution in [3.63, 3.8) is 0 Å². The number of Topliss-reactive ketones (excluding diaryl/α,β-unsaturated/α-hetero) is 1. The zero-order valence-electron chi connectivity index (χ0n) is 21.3. The molecule has 3 aromatic carbocycles. The van der Waals surface area contributed by atoms with Crippen molar-refractivity contribution in [2.75, 3.05) is 15.5 Å². The first-order chi connectivity index (χ1) is 18.5. The van der Waals surface area contributed by atoms with Crippen LogP contribution in [-0.4, -0.2) is 35.6 Å². The number of amides is 3. The van der Waals surface area contributed by atoms with Crippen molar-refractivity contribution in [1.82, 2.24) is 0 Å². The van der Waals surface area contributed by atoms with Crippen LogP contribution in [0.2, 0.25) is 0 Å². The molecule has 0 unspecified atom stereocenters. The lowest BCUT2D eigenvalue weighted by atomic mass is 10.1. The zero-order chi connectivity index (χ0) is 28.3. The van der Waals surface area contributed by atoms with Gasteiger partial charge in [0.15, 0.2) is 5.78 Å². The van der Waals surface area contributed by atoms with Crippen molar-refractivity contribution in [3.05, 3.63) is 100 Å². The van der Waals surface area contributed by atoms with Crippen molar-refractivity contribution in [2.45, 2.75) is 26.9 Å². The highest BCUT2D eigenvalue weighted by Crippen LogP contribution is 2.30. The van der Waals surface area contributed by atoms with Crippen molar-refractivity contribution in [2.24, 2.45) is 0 Å². The van der Waals surface area contributed by atoms with Gasteiger partial charge in [-0.2, -0.15) is 0 Å². The molecule has 1 heterocycles. The fraction of sp³-hybridized carbons (Fsp3) is 0.138. The number of halogens is 1. The number of hydrogen-bond donors (Lipinski definition) is 2. The maximum Gasteiger partial charge on any atom is 0.338 e. The van der Waals surface area contributed by atoms with Gasteiger partial charge in [-0.05, 0) is 75.4 Å². The molecule has 39 heavy (non-hydrogen) atoms. The summed E-state index contributed by atoms with van der Waals surface area (Å²) in [6, 6.07) is 18.6. The highest BCUT2D eigenvalue weighted by molar-refractivity contribution is 6.53. The van der Waals surface area contributed by atoms with Gasteiger partial charge in [0.05, 0.1) is 17.4 Å². The van der Waals surface area contributed by atoms with Gasteiger partial charge in [0, 0.05) is 22.5 Å². The molecule has 3 aromatic rings. The molecule has 10 heteroatoms. The van der Waals surface area contributed by atoms with Crippen LogP contribution in [0.4, 0.5) is 17.1 Å². The van der Waals surface area contributed by atoms with Crippen LogP contribution < -0.4 is 15.5 Å². The molecule has 9 nitrogen and oxygen atoms in total. The van der Waals surface area contributed by atoms with Gasteiger partial charge in [-0.3, -0.25) is 19.2 Å². The van der Waals surface area contributed by atoms with Gasteiger partial charge >= 0.3 is 5.97 Å². The van der Waals surface area contributed by atoms with Crippen LogP contribution in [0.3, 0.4) is 0 Å². The molecule has 0 radical (unpaired) electrons. The Bertz CT molecular complexity index is 1530. The molecule has 0 aromatic heterocycles. The van der Waals surface area contributed by atoms with E-state index in [0.717, 1.165) is 4.90 Å². The zero-order valence-corrected chi connectivity index (χ0v) is 22.0. The Morgan fingerprint density at radius 3 is 2.08 bits per heavy atom. The van der Waals surface area contributed by atoms with Crippen molar-refractivity contribution in [1.29, 1.82) is 0 Å². The number of rotatable bonds is 8. The second kappa shape index (κ2) is 11.3. The number of esters is 1. The Labute approximate surface area is 229 Å². The Hall–Kier alpha value is -4.76. The van der Waals surface area contributed by atoms with Crippen molar-refractivity contribution in [3.8, 4) is 0 Å². The normalized spacial score (nSPS) is 13.1. The largest absolute Gasteiger partial charge is 0.459 e. The Balaban J connectivity index is 1.49. The molecule has 1 aliphatic rings. The van der Waals surface area contributed by atoms with Crippen LogP contribution in [0.5, 0.6) is 0 Å². The summed E-state index contributed by atoms with van der Waals surface area (Å²) in [5.74, 6) is -2.52. The van der Waals surface area contributed by atoms with Gasteiger partial charge in [0.2, 0.25) is 0 Å². The number of nitrogens with zero attached hydrogens (tertiary/aromatic N) is 1. The molecule has 0 aliphatic carbocycles. The number of hydrogen-bond acceptors (Lipinski definition) is 7. The summed E-state index contributed by atoms with van der Waals surface area (Å²) in [7, 11) is 0. The smallest absolute Gasteiger partial charge is 0.338 e. The second-order valence-corrected chi connectivity index (χ2v) is 9.31. The number of nitrogens with one attached hydrogen (secondary N) is 2. The lowest BCUT2D eigenvalue weighted by Gasteiger charge is -2.16. The van der Waals surface area contributed by atoms with E-state index in [4.69, 9.17) is 16.3 Å². The quantitative estimate of drug-likeness (QED) is 0.228. The fourth-order valence-corrected chi connectivity index (χ4v) is 3.99. The van der Waals surface area contributed by atoms with Gasteiger partial charge in [0.1, 0.15) is 10.7 Å². The highest BCUT2D eigenvalue weighted by Gasteiger charge is 2.39. The van der Waals surface area contributed by atoms with E-state index in [1.807, 2.05) is 0 Å². The predicted octanol–water partition coefficient (Wildman–Crippen LogP) is 5.14. The molecule has 198 valence electrons. The van der Waals surface area contributed by atoms with E-state index in [-0.39, 0.29) is 39.4 Å². The molecule has 3 amide bonds. The van der Waals surface area contributed by atoms with Crippen LogP contribution in [-0.2, 0) is 14.3 Å². The maximum atomic E-state index is 13.1. The van der Waals surface area contributed by atoms with Crippen molar-refractivity contribution < 1.29 is 28.7 Å². The molecular formula is C29H24ClN3O6.